The van der Waals surface area contributed by atoms with Crippen molar-refractivity contribution in [1.29, 1.82) is 0 Å². The number of carbonyl (C=O) groups is 2. The summed E-state index contributed by atoms with van der Waals surface area (Å²) >= 11 is 0. The number of nitrogens with zero attached hydrogens (tertiary/aromatic N) is 1. The molecule has 17 heavy (non-hydrogen) atoms. The molecular weight excluding hydrogens is 224 g/mol. The van der Waals surface area contributed by atoms with E-state index < -0.39 is 11.6 Å². The van der Waals surface area contributed by atoms with Gasteiger partial charge in [-0.05, 0) is 19.3 Å². The zero-order chi connectivity index (χ0) is 13.1. The molecule has 6 nitrogen and oxygen atoms in total. The molecule has 1 heterocycles. The molecule has 0 saturated carbocycles. The van der Waals surface area contributed by atoms with E-state index in [1.165, 1.54) is 0 Å². The highest BCUT2D eigenvalue weighted by Crippen LogP contribution is 2.19. The molecule has 2 amide bonds. The third-order valence-corrected chi connectivity index (χ3v) is 2.86. The number of nitrogens with one attached hydrogen (secondary N) is 1. The van der Waals surface area contributed by atoms with Gasteiger partial charge in [-0.15, -0.1) is 0 Å². The number of likely N-dealkylation sites (tertiary alicyclic amines) is 1. The van der Waals surface area contributed by atoms with Crippen LogP contribution in [-0.2, 0) is 4.79 Å². The minimum Gasteiger partial charge on any atom is -0.481 e. The predicted octanol–water partition coefficient (Wildman–Crippen LogP) is 0.263. The summed E-state index contributed by atoms with van der Waals surface area (Å²) < 4.78 is 0. The Hall–Kier alpha value is -1.30. The number of carboxylic acid groups (broad SMARTS) is 1. The Balaban J connectivity index is 2.28. The van der Waals surface area contributed by atoms with Crippen molar-refractivity contribution in [3.8, 4) is 0 Å². The van der Waals surface area contributed by atoms with Crippen LogP contribution in [-0.4, -0.2) is 52.3 Å². The maximum atomic E-state index is 11.7. The smallest absolute Gasteiger partial charge is 0.317 e. The van der Waals surface area contributed by atoms with E-state index in [-0.39, 0.29) is 18.4 Å². The first-order valence-electron chi connectivity index (χ1n) is 5.77. The molecule has 2 unspecified atom stereocenters. The van der Waals surface area contributed by atoms with Crippen LogP contribution in [0, 0.1) is 5.92 Å². The lowest BCUT2D eigenvalue weighted by molar-refractivity contribution is -0.137. The van der Waals surface area contributed by atoms with Crippen LogP contribution >= 0.6 is 0 Å². The van der Waals surface area contributed by atoms with Crippen LogP contribution in [0.1, 0.15) is 26.7 Å². The molecule has 3 N–H and O–H groups in total. The molecule has 0 bridgehead atoms. The Morgan fingerprint density at radius 1 is 1.53 bits per heavy atom. The van der Waals surface area contributed by atoms with Gasteiger partial charge in [0.15, 0.2) is 0 Å². The topological polar surface area (TPSA) is 89.9 Å². The van der Waals surface area contributed by atoms with Gasteiger partial charge < -0.3 is 20.4 Å². The Kier molecular flexibility index (Phi) is 4.34. The summed E-state index contributed by atoms with van der Waals surface area (Å²) in [4.78, 5) is 23.7. The van der Waals surface area contributed by atoms with E-state index in [2.05, 4.69) is 5.32 Å². The van der Waals surface area contributed by atoms with Crippen molar-refractivity contribution in [3.05, 3.63) is 0 Å². The normalized spacial score (nSPS) is 25.7. The number of aliphatic carboxylic acids is 1. The quantitative estimate of drug-likeness (QED) is 0.662. The number of aliphatic hydroxyl groups is 1. The first-order chi connectivity index (χ1) is 7.80. The molecule has 98 valence electrons. The number of β-amino-alcohol motifs (C(OH)–C–C–N with tert-alkyl or cyclic N) is 1. The molecule has 0 aromatic carbocycles. The molecule has 1 aliphatic heterocycles. The van der Waals surface area contributed by atoms with Gasteiger partial charge in [-0.3, -0.25) is 4.79 Å². The fourth-order valence-electron chi connectivity index (χ4n) is 1.86. The number of hydrogen-bond donors (Lipinski definition) is 3. The molecule has 6 heteroatoms. The Morgan fingerprint density at radius 2 is 2.18 bits per heavy atom. The van der Waals surface area contributed by atoms with Crippen LogP contribution in [0.25, 0.3) is 0 Å². The van der Waals surface area contributed by atoms with Gasteiger partial charge in [-0.25, -0.2) is 4.79 Å². The first-order valence-corrected chi connectivity index (χ1v) is 5.77. The Labute approximate surface area is 101 Å². The monoisotopic (exact) mass is 244 g/mol. The standard InChI is InChI=1S/C11H20N2O4/c1-8(5-9(14)15)6-12-10(16)13-4-3-11(2,17)7-13/h8,17H,3-7H2,1-2H3,(H,12,16)(H,14,15). The van der Waals surface area contributed by atoms with Gasteiger partial charge in [0.1, 0.15) is 0 Å². The number of rotatable bonds is 4. The molecule has 2 atom stereocenters. The molecule has 0 aromatic rings. The highest BCUT2D eigenvalue weighted by molar-refractivity contribution is 5.74. The van der Waals surface area contributed by atoms with Crippen molar-refractivity contribution in [2.75, 3.05) is 19.6 Å². The number of amides is 2. The zero-order valence-electron chi connectivity index (χ0n) is 10.3. The van der Waals surface area contributed by atoms with E-state index in [0.717, 1.165) is 0 Å². The summed E-state index contributed by atoms with van der Waals surface area (Å²) in [5, 5.41) is 21.0. The highest BCUT2D eigenvalue weighted by Gasteiger charge is 2.33. The van der Waals surface area contributed by atoms with Gasteiger partial charge in [0.05, 0.1) is 12.1 Å². The maximum Gasteiger partial charge on any atom is 0.317 e. The van der Waals surface area contributed by atoms with E-state index in [0.29, 0.717) is 26.1 Å². The fraction of sp³-hybridized carbons (Fsp3) is 0.818. The van der Waals surface area contributed by atoms with Crippen molar-refractivity contribution in [2.45, 2.75) is 32.3 Å². The fourth-order valence-corrected chi connectivity index (χ4v) is 1.86. The Morgan fingerprint density at radius 3 is 2.65 bits per heavy atom. The van der Waals surface area contributed by atoms with Crippen LogP contribution in [0.4, 0.5) is 4.79 Å². The average Bonchev–Trinajstić information content (AvgIpc) is 2.54. The lowest BCUT2D eigenvalue weighted by Gasteiger charge is -2.20. The van der Waals surface area contributed by atoms with Crippen LogP contribution in [0.2, 0.25) is 0 Å². The van der Waals surface area contributed by atoms with Crippen molar-refractivity contribution >= 4 is 12.0 Å². The van der Waals surface area contributed by atoms with Crippen molar-refractivity contribution in [2.24, 2.45) is 5.92 Å². The largest absolute Gasteiger partial charge is 0.481 e. The molecule has 0 aliphatic carbocycles. The third kappa shape index (κ3) is 4.60. The van der Waals surface area contributed by atoms with E-state index in [4.69, 9.17) is 5.11 Å². The van der Waals surface area contributed by atoms with Crippen LogP contribution in [0.15, 0.2) is 0 Å². The van der Waals surface area contributed by atoms with E-state index in [1.807, 2.05) is 0 Å². The SMILES string of the molecule is CC(CNC(=O)N1CCC(C)(O)C1)CC(=O)O. The molecule has 1 saturated heterocycles. The molecule has 0 aromatic heterocycles. The van der Waals surface area contributed by atoms with Crippen molar-refractivity contribution in [3.63, 3.8) is 0 Å². The molecule has 1 rings (SSSR count). The summed E-state index contributed by atoms with van der Waals surface area (Å²) in [6.45, 7) is 4.67. The Bertz CT molecular complexity index is 304. The van der Waals surface area contributed by atoms with Gasteiger partial charge in [-0.2, -0.15) is 0 Å². The van der Waals surface area contributed by atoms with Crippen molar-refractivity contribution < 1.29 is 19.8 Å². The molecular formula is C11H20N2O4. The summed E-state index contributed by atoms with van der Waals surface area (Å²) in [5.41, 5.74) is -0.802. The lowest BCUT2D eigenvalue weighted by Crippen LogP contribution is -2.42. The number of carboxylic acids is 1. The maximum absolute atomic E-state index is 11.7. The van der Waals surface area contributed by atoms with Gasteiger partial charge in [0.25, 0.3) is 0 Å². The summed E-state index contributed by atoms with van der Waals surface area (Å²) in [6, 6.07) is -0.236. The van der Waals surface area contributed by atoms with Gasteiger partial charge in [0.2, 0.25) is 0 Å². The van der Waals surface area contributed by atoms with Gasteiger partial charge in [-0.1, -0.05) is 6.92 Å². The van der Waals surface area contributed by atoms with Gasteiger partial charge in [0, 0.05) is 19.5 Å². The summed E-state index contributed by atoms with van der Waals surface area (Å²) in [5.74, 6) is -0.963. The second-order valence-corrected chi connectivity index (χ2v) is 5.06. The minimum absolute atomic E-state index is 0.0397. The first kappa shape index (κ1) is 13.8. The number of hydrogen-bond acceptors (Lipinski definition) is 3. The van der Waals surface area contributed by atoms with Crippen LogP contribution in [0.3, 0.4) is 0 Å². The highest BCUT2D eigenvalue weighted by atomic mass is 16.4. The second kappa shape index (κ2) is 5.35. The van der Waals surface area contributed by atoms with Crippen LogP contribution < -0.4 is 5.32 Å². The summed E-state index contributed by atoms with van der Waals surface area (Å²) in [7, 11) is 0. The molecule has 0 spiro atoms. The summed E-state index contributed by atoms with van der Waals surface area (Å²) in [6.07, 6.45) is 0.614. The van der Waals surface area contributed by atoms with Crippen LogP contribution in [0.5, 0.6) is 0 Å². The molecule has 1 fully saturated rings. The van der Waals surface area contributed by atoms with E-state index in [1.54, 1.807) is 18.7 Å². The number of urea groups is 1. The van der Waals surface area contributed by atoms with E-state index >= 15 is 0 Å². The zero-order valence-corrected chi connectivity index (χ0v) is 10.3. The van der Waals surface area contributed by atoms with Crippen molar-refractivity contribution in [1.82, 2.24) is 10.2 Å². The number of carbonyl (C=O) groups excluding carboxylic acids is 1. The third-order valence-electron chi connectivity index (χ3n) is 2.86. The lowest BCUT2D eigenvalue weighted by atomic mass is 10.1. The second-order valence-electron chi connectivity index (χ2n) is 5.06. The average molecular weight is 244 g/mol. The molecule has 1 aliphatic rings. The molecule has 0 radical (unpaired) electrons. The van der Waals surface area contributed by atoms with E-state index in [9.17, 15) is 14.7 Å². The van der Waals surface area contributed by atoms with Gasteiger partial charge >= 0.3 is 12.0 Å². The predicted molar refractivity (Wildman–Crippen MR) is 61.6 cm³/mol. The minimum atomic E-state index is -0.865.